The summed E-state index contributed by atoms with van der Waals surface area (Å²) in [5.74, 6) is -0.0912. The van der Waals surface area contributed by atoms with Crippen molar-refractivity contribution in [2.24, 2.45) is 0 Å². The zero-order chi connectivity index (χ0) is 14.2. The van der Waals surface area contributed by atoms with E-state index in [1.807, 2.05) is 30.3 Å². The Morgan fingerprint density at radius 3 is 2.40 bits per heavy atom. The molecule has 0 aliphatic carbocycles. The summed E-state index contributed by atoms with van der Waals surface area (Å²) in [6.07, 6.45) is 0.0172. The van der Waals surface area contributed by atoms with Crippen molar-refractivity contribution in [3.05, 3.63) is 71.3 Å². The lowest BCUT2D eigenvalue weighted by Gasteiger charge is -2.10. The fraction of sp³-hybridized carbons (Fsp3) is 0.188. The summed E-state index contributed by atoms with van der Waals surface area (Å²) in [4.78, 5) is 12.2. The molecule has 0 N–H and O–H groups in total. The number of benzene rings is 2. The number of rotatable bonds is 3. The first-order chi connectivity index (χ1) is 9.58. The zero-order valence-electron chi connectivity index (χ0n) is 10.8. The molecule has 2 aromatic carbocycles. The SMILES string of the molecule is O=C(CC1c2ccccc2CS1(=O)=O)c1ccccc1. The number of hydrogen-bond donors (Lipinski definition) is 0. The predicted molar refractivity (Wildman–Crippen MR) is 77.2 cm³/mol. The summed E-state index contributed by atoms with van der Waals surface area (Å²) in [5, 5.41) is -0.702. The third kappa shape index (κ3) is 2.27. The Hall–Kier alpha value is -1.94. The molecule has 0 bridgehead atoms. The van der Waals surface area contributed by atoms with Crippen molar-refractivity contribution in [3.8, 4) is 0 Å². The first kappa shape index (κ1) is 13.1. The number of fused-ring (bicyclic) bond motifs is 1. The van der Waals surface area contributed by atoms with E-state index in [2.05, 4.69) is 0 Å². The van der Waals surface area contributed by atoms with Gasteiger partial charge in [-0.15, -0.1) is 0 Å². The third-order valence-electron chi connectivity index (χ3n) is 3.66. The Morgan fingerprint density at radius 2 is 1.65 bits per heavy atom. The van der Waals surface area contributed by atoms with Gasteiger partial charge in [0, 0.05) is 12.0 Å². The fourth-order valence-corrected chi connectivity index (χ4v) is 4.56. The van der Waals surface area contributed by atoms with Crippen LogP contribution in [0.5, 0.6) is 0 Å². The maximum atomic E-state index is 12.2. The Balaban J connectivity index is 1.93. The molecule has 0 spiro atoms. The number of carbonyl (C=O) groups excluding carboxylic acids is 1. The average molecular weight is 286 g/mol. The van der Waals surface area contributed by atoms with Gasteiger partial charge in [0.1, 0.15) is 0 Å². The van der Waals surface area contributed by atoms with E-state index in [9.17, 15) is 13.2 Å². The van der Waals surface area contributed by atoms with Crippen LogP contribution in [0.4, 0.5) is 0 Å². The Bertz CT molecular complexity index is 748. The van der Waals surface area contributed by atoms with E-state index >= 15 is 0 Å². The molecule has 0 fully saturated rings. The highest BCUT2D eigenvalue weighted by molar-refractivity contribution is 7.91. The quantitative estimate of drug-likeness (QED) is 0.815. The van der Waals surface area contributed by atoms with Crippen LogP contribution in [0.2, 0.25) is 0 Å². The molecule has 0 saturated carbocycles. The molecule has 1 heterocycles. The third-order valence-corrected chi connectivity index (χ3v) is 5.66. The summed E-state index contributed by atoms with van der Waals surface area (Å²) in [5.41, 5.74) is 2.15. The molecule has 1 aliphatic heterocycles. The lowest BCUT2D eigenvalue weighted by molar-refractivity contribution is 0.0981. The first-order valence-corrected chi connectivity index (χ1v) is 8.17. The van der Waals surface area contributed by atoms with Gasteiger partial charge in [-0.1, -0.05) is 54.6 Å². The molecule has 1 aliphatic rings. The maximum absolute atomic E-state index is 12.2. The second kappa shape index (κ2) is 4.87. The van der Waals surface area contributed by atoms with Gasteiger partial charge in [0.2, 0.25) is 0 Å². The monoisotopic (exact) mass is 286 g/mol. The molecule has 3 nitrogen and oxygen atoms in total. The minimum absolute atomic E-state index is 0.0172. The van der Waals surface area contributed by atoms with Gasteiger partial charge in [-0.25, -0.2) is 8.42 Å². The minimum atomic E-state index is -3.27. The molecule has 0 aromatic heterocycles. The topological polar surface area (TPSA) is 51.2 Å². The lowest BCUT2D eigenvalue weighted by Crippen LogP contribution is -2.12. The van der Waals surface area contributed by atoms with Crippen molar-refractivity contribution in [1.29, 1.82) is 0 Å². The molecule has 102 valence electrons. The van der Waals surface area contributed by atoms with Crippen molar-refractivity contribution in [3.63, 3.8) is 0 Å². The average Bonchev–Trinajstić information content (AvgIpc) is 2.70. The van der Waals surface area contributed by atoms with Crippen LogP contribution in [0.15, 0.2) is 54.6 Å². The van der Waals surface area contributed by atoms with E-state index in [1.54, 1.807) is 24.3 Å². The molecular weight excluding hydrogens is 272 g/mol. The van der Waals surface area contributed by atoms with Crippen molar-refractivity contribution < 1.29 is 13.2 Å². The van der Waals surface area contributed by atoms with Gasteiger partial charge >= 0.3 is 0 Å². The highest BCUT2D eigenvalue weighted by Crippen LogP contribution is 2.39. The number of carbonyl (C=O) groups is 1. The van der Waals surface area contributed by atoms with Crippen molar-refractivity contribution >= 4 is 15.6 Å². The van der Waals surface area contributed by atoms with Gasteiger partial charge in [0.15, 0.2) is 15.6 Å². The largest absolute Gasteiger partial charge is 0.294 e. The van der Waals surface area contributed by atoms with Crippen LogP contribution < -0.4 is 0 Å². The second-order valence-electron chi connectivity index (χ2n) is 4.99. The van der Waals surface area contributed by atoms with E-state index in [4.69, 9.17) is 0 Å². The Morgan fingerprint density at radius 1 is 1.00 bits per heavy atom. The first-order valence-electron chi connectivity index (χ1n) is 6.45. The predicted octanol–water partition coefficient (Wildman–Crippen LogP) is 2.93. The second-order valence-corrected chi connectivity index (χ2v) is 7.17. The summed E-state index contributed by atoms with van der Waals surface area (Å²) in [7, 11) is -3.27. The normalized spacial score (nSPS) is 19.5. The minimum Gasteiger partial charge on any atom is -0.294 e. The molecular formula is C16H14O3S. The van der Waals surface area contributed by atoms with Crippen LogP contribution in [-0.4, -0.2) is 14.2 Å². The molecule has 20 heavy (non-hydrogen) atoms. The summed E-state index contributed by atoms with van der Waals surface area (Å²) >= 11 is 0. The number of Topliss-reactive ketones (excluding diaryl/α,β-unsaturated/α-hetero) is 1. The van der Waals surface area contributed by atoms with E-state index in [1.165, 1.54) is 0 Å². The van der Waals surface area contributed by atoms with Crippen LogP contribution in [0, 0.1) is 0 Å². The zero-order valence-corrected chi connectivity index (χ0v) is 11.6. The number of sulfone groups is 1. The van der Waals surface area contributed by atoms with E-state index in [0.717, 1.165) is 11.1 Å². The van der Waals surface area contributed by atoms with Crippen LogP contribution in [-0.2, 0) is 15.6 Å². The molecule has 0 amide bonds. The van der Waals surface area contributed by atoms with Crippen LogP contribution in [0.3, 0.4) is 0 Å². The van der Waals surface area contributed by atoms with Crippen molar-refractivity contribution in [1.82, 2.24) is 0 Å². The summed E-state index contributed by atoms with van der Waals surface area (Å²) < 4.78 is 24.5. The van der Waals surface area contributed by atoms with E-state index in [0.29, 0.717) is 5.56 Å². The van der Waals surface area contributed by atoms with Crippen LogP contribution in [0.1, 0.15) is 33.2 Å². The van der Waals surface area contributed by atoms with Gasteiger partial charge in [0.25, 0.3) is 0 Å². The molecule has 4 heteroatoms. The maximum Gasteiger partial charge on any atom is 0.164 e. The van der Waals surface area contributed by atoms with Gasteiger partial charge in [-0.2, -0.15) is 0 Å². The molecule has 2 aromatic rings. The summed E-state index contributed by atoms with van der Waals surface area (Å²) in [6.45, 7) is 0. The standard InChI is InChI=1S/C16H14O3S/c17-15(12-6-2-1-3-7-12)10-16-14-9-5-4-8-13(14)11-20(16,18)19/h1-9,16H,10-11H2. The van der Waals surface area contributed by atoms with Crippen LogP contribution in [0.25, 0.3) is 0 Å². The van der Waals surface area contributed by atoms with Gasteiger partial charge in [-0.3, -0.25) is 4.79 Å². The van der Waals surface area contributed by atoms with Gasteiger partial charge in [-0.05, 0) is 11.1 Å². The van der Waals surface area contributed by atoms with E-state index < -0.39 is 15.1 Å². The molecule has 3 rings (SSSR count). The number of ketones is 1. The van der Waals surface area contributed by atoms with E-state index in [-0.39, 0.29) is 18.0 Å². The molecule has 0 radical (unpaired) electrons. The molecule has 1 unspecified atom stereocenters. The Labute approximate surface area is 118 Å². The smallest absolute Gasteiger partial charge is 0.164 e. The molecule has 0 saturated heterocycles. The highest BCUT2D eigenvalue weighted by Gasteiger charge is 2.37. The van der Waals surface area contributed by atoms with Gasteiger partial charge in [0.05, 0.1) is 11.0 Å². The Kier molecular flexibility index (Phi) is 3.18. The summed E-state index contributed by atoms with van der Waals surface area (Å²) in [6, 6.07) is 16.1. The fourth-order valence-electron chi connectivity index (χ4n) is 2.64. The van der Waals surface area contributed by atoms with Crippen molar-refractivity contribution in [2.75, 3.05) is 0 Å². The molecule has 1 atom stereocenters. The van der Waals surface area contributed by atoms with Gasteiger partial charge < -0.3 is 0 Å². The highest BCUT2D eigenvalue weighted by atomic mass is 32.2. The lowest BCUT2D eigenvalue weighted by atomic mass is 10.00. The van der Waals surface area contributed by atoms with Crippen molar-refractivity contribution in [2.45, 2.75) is 17.4 Å². The van der Waals surface area contributed by atoms with Crippen LogP contribution >= 0.6 is 0 Å². The number of hydrogen-bond acceptors (Lipinski definition) is 3.